The van der Waals surface area contributed by atoms with Crippen molar-refractivity contribution < 1.29 is 14.4 Å². The van der Waals surface area contributed by atoms with E-state index in [9.17, 15) is 14.4 Å². The third-order valence-corrected chi connectivity index (χ3v) is 5.72. The normalized spacial score (nSPS) is 15.4. The van der Waals surface area contributed by atoms with Crippen molar-refractivity contribution in [3.63, 3.8) is 0 Å². The molecule has 1 fully saturated rings. The summed E-state index contributed by atoms with van der Waals surface area (Å²) < 4.78 is 2.07. The van der Waals surface area contributed by atoms with Crippen molar-refractivity contribution in [1.29, 1.82) is 0 Å². The Kier molecular flexibility index (Phi) is 5.28. The van der Waals surface area contributed by atoms with Crippen molar-refractivity contribution in [2.24, 2.45) is 0 Å². The van der Waals surface area contributed by atoms with E-state index in [1.54, 1.807) is 18.2 Å². The van der Waals surface area contributed by atoms with Crippen LogP contribution in [0.25, 0.3) is 17.0 Å². The van der Waals surface area contributed by atoms with Crippen LogP contribution in [-0.4, -0.2) is 22.4 Å². The second-order valence-corrected chi connectivity index (χ2v) is 8.09. The lowest BCUT2D eigenvalue weighted by atomic mass is 10.1. The number of nitrogens with zero attached hydrogens (tertiary/aromatic N) is 2. The van der Waals surface area contributed by atoms with Crippen LogP contribution in [0.2, 0.25) is 5.02 Å². The van der Waals surface area contributed by atoms with Crippen LogP contribution in [0.5, 0.6) is 0 Å². The van der Waals surface area contributed by atoms with Gasteiger partial charge in [-0.2, -0.15) is 0 Å². The largest absolute Gasteiger partial charge is 0.342 e. The smallest absolute Gasteiger partial charge is 0.335 e. The zero-order valence-electron chi connectivity index (χ0n) is 17.4. The highest BCUT2D eigenvalue weighted by Crippen LogP contribution is 2.28. The Morgan fingerprint density at radius 3 is 2.42 bits per heavy atom. The number of nitrogens with one attached hydrogen (secondary N) is 1. The quantitative estimate of drug-likeness (QED) is 0.347. The molecule has 0 aliphatic carbocycles. The molecule has 0 unspecified atom stereocenters. The molecule has 7 heteroatoms. The van der Waals surface area contributed by atoms with Gasteiger partial charge in [0.15, 0.2) is 0 Å². The number of barbiturate groups is 1. The second-order valence-electron chi connectivity index (χ2n) is 7.65. The van der Waals surface area contributed by atoms with Crippen LogP contribution in [0.4, 0.5) is 10.5 Å². The van der Waals surface area contributed by atoms with Gasteiger partial charge in [-0.25, -0.2) is 9.69 Å². The van der Waals surface area contributed by atoms with Gasteiger partial charge in [0.2, 0.25) is 0 Å². The Labute approximate surface area is 194 Å². The van der Waals surface area contributed by atoms with Crippen molar-refractivity contribution in [1.82, 2.24) is 9.88 Å². The van der Waals surface area contributed by atoms with Gasteiger partial charge >= 0.3 is 6.03 Å². The third-order valence-electron chi connectivity index (χ3n) is 5.48. The van der Waals surface area contributed by atoms with E-state index in [-0.39, 0.29) is 11.3 Å². The third kappa shape index (κ3) is 3.92. The van der Waals surface area contributed by atoms with Gasteiger partial charge in [-0.3, -0.25) is 14.9 Å². The van der Waals surface area contributed by atoms with E-state index < -0.39 is 17.8 Å². The first-order chi connectivity index (χ1) is 16.0. The molecule has 0 spiro atoms. The molecule has 33 heavy (non-hydrogen) atoms. The molecule has 0 saturated carbocycles. The van der Waals surface area contributed by atoms with Gasteiger partial charge in [0.25, 0.3) is 11.8 Å². The maximum Gasteiger partial charge on any atom is 0.335 e. The molecule has 0 atom stereocenters. The molecular formula is C26H18ClN3O3. The number of carbonyl (C=O) groups excluding carboxylic acids is 3. The molecule has 162 valence electrons. The van der Waals surface area contributed by atoms with Crippen molar-refractivity contribution in [3.05, 3.63) is 107 Å². The second kappa shape index (κ2) is 8.41. The summed E-state index contributed by atoms with van der Waals surface area (Å²) in [6.45, 7) is 0.637. The molecular weight excluding hydrogens is 438 g/mol. The fraction of sp³-hybridized carbons (Fsp3) is 0.0385. The summed E-state index contributed by atoms with van der Waals surface area (Å²) in [6, 6.07) is 23.3. The summed E-state index contributed by atoms with van der Waals surface area (Å²) in [5.41, 5.74) is 2.97. The molecule has 1 aromatic heterocycles. The number of fused-ring (bicyclic) bond motifs is 1. The maximum absolute atomic E-state index is 13.2. The zero-order chi connectivity index (χ0) is 22.9. The zero-order valence-corrected chi connectivity index (χ0v) is 18.1. The van der Waals surface area contributed by atoms with Crippen LogP contribution in [0.3, 0.4) is 0 Å². The molecule has 4 amide bonds. The van der Waals surface area contributed by atoms with Crippen LogP contribution < -0.4 is 10.2 Å². The van der Waals surface area contributed by atoms with Crippen LogP contribution in [0.15, 0.2) is 90.6 Å². The van der Waals surface area contributed by atoms with E-state index in [4.69, 9.17) is 11.6 Å². The number of amides is 4. The number of rotatable bonds is 4. The summed E-state index contributed by atoms with van der Waals surface area (Å²) in [4.78, 5) is 39.2. The molecule has 1 N–H and O–H groups in total. The van der Waals surface area contributed by atoms with Gasteiger partial charge in [-0.05, 0) is 35.9 Å². The van der Waals surface area contributed by atoms with Gasteiger partial charge in [-0.1, -0.05) is 66.2 Å². The average molecular weight is 456 g/mol. The fourth-order valence-corrected chi connectivity index (χ4v) is 4.15. The number of benzene rings is 3. The minimum Gasteiger partial charge on any atom is -0.342 e. The molecule has 2 heterocycles. The number of hydrogen-bond donors (Lipinski definition) is 1. The molecule has 5 rings (SSSR count). The highest BCUT2D eigenvalue weighted by Gasteiger charge is 2.37. The minimum absolute atomic E-state index is 0.128. The number of aromatic nitrogens is 1. The van der Waals surface area contributed by atoms with Crippen molar-refractivity contribution >= 4 is 52.1 Å². The number of para-hydroxylation sites is 1. The first-order valence-corrected chi connectivity index (χ1v) is 10.7. The number of imide groups is 2. The van der Waals surface area contributed by atoms with Crippen LogP contribution in [-0.2, 0) is 16.1 Å². The topological polar surface area (TPSA) is 71.4 Å². The molecule has 6 nitrogen and oxygen atoms in total. The highest BCUT2D eigenvalue weighted by atomic mass is 35.5. The predicted molar refractivity (Wildman–Crippen MR) is 128 cm³/mol. The Balaban J connectivity index is 1.58. The summed E-state index contributed by atoms with van der Waals surface area (Å²) >= 11 is 6.03. The fourth-order valence-electron chi connectivity index (χ4n) is 3.96. The molecule has 0 radical (unpaired) electrons. The lowest BCUT2D eigenvalue weighted by molar-refractivity contribution is -0.122. The van der Waals surface area contributed by atoms with Crippen molar-refractivity contribution in [2.45, 2.75) is 6.54 Å². The van der Waals surface area contributed by atoms with E-state index in [0.29, 0.717) is 17.1 Å². The molecule has 4 aromatic rings. The predicted octanol–water partition coefficient (Wildman–Crippen LogP) is 5.01. The molecule has 3 aromatic carbocycles. The minimum atomic E-state index is -0.809. The first-order valence-electron chi connectivity index (χ1n) is 10.3. The van der Waals surface area contributed by atoms with Gasteiger partial charge in [-0.15, -0.1) is 0 Å². The summed E-state index contributed by atoms with van der Waals surface area (Å²) in [6.07, 6.45) is 3.44. The number of hydrogen-bond acceptors (Lipinski definition) is 3. The Bertz CT molecular complexity index is 1440. The van der Waals surface area contributed by atoms with E-state index in [2.05, 4.69) is 9.88 Å². The van der Waals surface area contributed by atoms with E-state index in [1.807, 2.05) is 60.8 Å². The number of halogens is 1. The number of carbonyl (C=O) groups is 3. The number of anilines is 1. The Hall–Kier alpha value is -4.16. The van der Waals surface area contributed by atoms with Gasteiger partial charge in [0.05, 0.1) is 5.69 Å². The van der Waals surface area contributed by atoms with Gasteiger partial charge < -0.3 is 4.57 Å². The summed E-state index contributed by atoms with van der Waals surface area (Å²) in [5, 5.41) is 3.52. The van der Waals surface area contributed by atoms with E-state index in [1.165, 1.54) is 12.1 Å². The molecule has 1 aliphatic rings. The monoisotopic (exact) mass is 455 g/mol. The van der Waals surface area contributed by atoms with E-state index in [0.717, 1.165) is 21.4 Å². The standard InChI is InChI=1S/C26H18ClN3O3/c27-19-9-6-10-20(14-19)30-25(32)22(24(31)28-26(30)33)13-18-16-29(15-17-7-2-1-3-8-17)23-12-5-4-11-21(18)23/h1-14,16H,15H2,(H,28,31,33). The summed E-state index contributed by atoms with van der Waals surface area (Å²) in [5.74, 6) is -1.44. The SMILES string of the molecule is O=C1NC(=O)N(c2cccc(Cl)c2)C(=O)C1=Cc1cn(Cc2ccccc2)c2ccccc12. The van der Waals surface area contributed by atoms with Crippen LogP contribution in [0, 0.1) is 0 Å². The lowest BCUT2D eigenvalue weighted by Gasteiger charge is -2.26. The Morgan fingerprint density at radius 2 is 1.64 bits per heavy atom. The lowest BCUT2D eigenvalue weighted by Crippen LogP contribution is -2.54. The van der Waals surface area contributed by atoms with Crippen molar-refractivity contribution in [2.75, 3.05) is 4.90 Å². The Morgan fingerprint density at radius 1 is 0.879 bits per heavy atom. The highest BCUT2D eigenvalue weighted by molar-refractivity contribution is 6.39. The van der Waals surface area contributed by atoms with Crippen LogP contribution >= 0.6 is 11.6 Å². The molecule has 1 aliphatic heterocycles. The molecule has 1 saturated heterocycles. The number of urea groups is 1. The first kappa shape index (κ1) is 20.7. The van der Waals surface area contributed by atoms with Gasteiger partial charge in [0, 0.05) is 34.2 Å². The molecule has 0 bridgehead atoms. The summed E-state index contributed by atoms with van der Waals surface area (Å²) in [7, 11) is 0. The van der Waals surface area contributed by atoms with E-state index >= 15 is 0 Å². The van der Waals surface area contributed by atoms with Crippen LogP contribution in [0.1, 0.15) is 11.1 Å². The average Bonchev–Trinajstić information content (AvgIpc) is 3.14. The maximum atomic E-state index is 13.2. The van der Waals surface area contributed by atoms with Crippen molar-refractivity contribution in [3.8, 4) is 0 Å². The van der Waals surface area contributed by atoms with Gasteiger partial charge in [0.1, 0.15) is 5.57 Å².